The minimum Gasteiger partial charge on any atom is -0.384 e. The predicted octanol–water partition coefficient (Wildman–Crippen LogP) is 2.52. The van der Waals surface area contributed by atoms with E-state index in [0.717, 1.165) is 23.3 Å². The third-order valence-electron chi connectivity index (χ3n) is 3.22. The van der Waals surface area contributed by atoms with Crippen LogP contribution < -0.4 is 5.32 Å². The van der Waals surface area contributed by atoms with Crippen molar-refractivity contribution in [2.45, 2.75) is 6.42 Å². The number of imidazole rings is 1. The summed E-state index contributed by atoms with van der Waals surface area (Å²) in [6.07, 6.45) is 7.42. The molecule has 7 nitrogen and oxygen atoms in total. The third kappa shape index (κ3) is 2.66. The molecule has 1 aromatic carbocycles. The van der Waals surface area contributed by atoms with Crippen molar-refractivity contribution in [3.63, 3.8) is 0 Å². The number of fused-ring (bicyclic) bond motifs is 1. The van der Waals surface area contributed by atoms with Gasteiger partial charge in [-0.15, -0.1) is 0 Å². The van der Waals surface area contributed by atoms with E-state index in [1.807, 2.05) is 0 Å². The molecule has 2 aromatic heterocycles. The fraction of sp³-hybridized carbons (Fsp3) is 0.143. The second-order valence-corrected chi connectivity index (χ2v) is 4.52. The molecule has 2 heterocycles. The standard InChI is InChI=1S/C14H13N5O2/c20-19(21)13-2-1-12(11-9-15-5-3-10(11)13)16-6-4-14-17-7-8-18-14/h1-3,5,7-9,16H,4,6H2,(H,17,18). The first-order valence-corrected chi connectivity index (χ1v) is 6.49. The van der Waals surface area contributed by atoms with E-state index >= 15 is 0 Å². The quantitative estimate of drug-likeness (QED) is 0.554. The number of aromatic nitrogens is 3. The van der Waals surface area contributed by atoms with Crippen molar-refractivity contribution in [3.05, 3.63) is 58.9 Å². The summed E-state index contributed by atoms with van der Waals surface area (Å²) in [5, 5.41) is 15.6. The summed E-state index contributed by atoms with van der Waals surface area (Å²) in [5.74, 6) is 0.895. The number of aromatic amines is 1. The number of non-ortho nitro benzene ring substituents is 1. The van der Waals surface area contributed by atoms with Crippen LogP contribution >= 0.6 is 0 Å². The molecule has 0 saturated heterocycles. The van der Waals surface area contributed by atoms with Gasteiger partial charge in [0, 0.05) is 54.9 Å². The molecule has 0 unspecified atom stereocenters. The van der Waals surface area contributed by atoms with Gasteiger partial charge < -0.3 is 10.3 Å². The van der Waals surface area contributed by atoms with Crippen LogP contribution in [0.25, 0.3) is 10.8 Å². The minimum atomic E-state index is -0.380. The number of hydrogen-bond acceptors (Lipinski definition) is 5. The highest BCUT2D eigenvalue weighted by molar-refractivity contribution is 5.99. The van der Waals surface area contributed by atoms with Crippen LogP contribution in [-0.2, 0) is 6.42 Å². The summed E-state index contributed by atoms with van der Waals surface area (Å²) < 4.78 is 0. The van der Waals surface area contributed by atoms with Crippen LogP contribution in [0.5, 0.6) is 0 Å². The smallest absolute Gasteiger partial charge is 0.277 e. The Balaban J connectivity index is 1.85. The molecule has 0 aliphatic carbocycles. The zero-order valence-corrected chi connectivity index (χ0v) is 11.1. The molecule has 0 radical (unpaired) electrons. The minimum absolute atomic E-state index is 0.0870. The molecule has 0 spiro atoms. The monoisotopic (exact) mass is 283 g/mol. The first-order valence-electron chi connectivity index (χ1n) is 6.49. The Morgan fingerprint density at radius 3 is 2.90 bits per heavy atom. The van der Waals surface area contributed by atoms with Crippen molar-refractivity contribution in [1.82, 2.24) is 15.0 Å². The predicted molar refractivity (Wildman–Crippen MR) is 79.2 cm³/mol. The van der Waals surface area contributed by atoms with Crippen LogP contribution in [0.1, 0.15) is 5.82 Å². The summed E-state index contributed by atoms with van der Waals surface area (Å²) in [5.41, 5.74) is 0.916. The lowest BCUT2D eigenvalue weighted by atomic mass is 10.1. The normalized spacial score (nSPS) is 10.7. The Bertz CT molecular complexity index is 770. The van der Waals surface area contributed by atoms with Gasteiger partial charge >= 0.3 is 0 Å². The van der Waals surface area contributed by atoms with Crippen molar-refractivity contribution < 1.29 is 4.92 Å². The molecule has 0 bridgehead atoms. The highest BCUT2D eigenvalue weighted by atomic mass is 16.6. The van der Waals surface area contributed by atoms with Crippen LogP contribution in [0.2, 0.25) is 0 Å². The number of rotatable bonds is 5. The topological polar surface area (TPSA) is 96.7 Å². The van der Waals surface area contributed by atoms with Gasteiger partial charge in [0.15, 0.2) is 0 Å². The average molecular weight is 283 g/mol. The Labute approximate surface area is 120 Å². The van der Waals surface area contributed by atoms with Crippen molar-refractivity contribution in [2.75, 3.05) is 11.9 Å². The molecule has 7 heteroatoms. The number of hydrogen-bond donors (Lipinski definition) is 2. The number of anilines is 1. The molecular formula is C14H13N5O2. The van der Waals surface area contributed by atoms with Crippen LogP contribution in [-0.4, -0.2) is 26.4 Å². The van der Waals surface area contributed by atoms with Gasteiger partial charge in [0.05, 0.1) is 10.3 Å². The molecule has 0 saturated carbocycles. The maximum atomic E-state index is 11.0. The SMILES string of the molecule is O=[N+]([O-])c1ccc(NCCc2ncc[nH]2)c2cnccc12. The largest absolute Gasteiger partial charge is 0.384 e. The van der Waals surface area contributed by atoms with Crippen molar-refractivity contribution in [1.29, 1.82) is 0 Å². The average Bonchev–Trinajstić information content (AvgIpc) is 3.00. The van der Waals surface area contributed by atoms with Crippen LogP contribution in [0, 0.1) is 10.1 Å². The molecular weight excluding hydrogens is 270 g/mol. The lowest BCUT2D eigenvalue weighted by Crippen LogP contribution is -2.06. The molecule has 21 heavy (non-hydrogen) atoms. The molecule has 106 valence electrons. The fourth-order valence-electron chi connectivity index (χ4n) is 2.24. The van der Waals surface area contributed by atoms with Gasteiger partial charge in [0.25, 0.3) is 5.69 Å². The third-order valence-corrected chi connectivity index (χ3v) is 3.22. The van der Waals surface area contributed by atoms with E-state index in [0.29, 0.717) is 11.9 Å². The lowest BCUT2D eigenvalue weighted by Gasteiger charge is -2.09. The first kappa shape index (κ1) is 13.0. The fourth-order valence-corrected chi connectivity index (χ4v) is 2.24. The second-order valence-electron chi connectivity index (χ2n) is 4.52. The van der Waals surface area contributed by atoms with Gasteiger partial charge in [-0.2, -0.15) is 0 Å². The van der Waals surface area contributed by atoms with E-state index in [-0.39, 0.29) is 10.6 Å². The van der Waals surface area contributed by atoms with E-state index in [1.54, 1.807) is 36.9 Å². The Kier molecular flexibility index (Phi) is 3.46. The van der Waals surface area contributed by atoms with Crippen molar-refractivity contribution in [2.24, 2.45) is 0 Å². The van der Waals surface area contributed by atoms with Gasteiger partial charge in [-0.25, -0.2) is 4.98 Å². The molecule has 0 fully saturated rings. The first-order chi connectivity index (χ1) is 10.3. The Morgan fingerprint density at radius 1 is 1.24 bits per heavy atom. The van der Waals surface area contributed by atoms with E-state index < -0.39 is 0 Å². The number of pyridine rings is 1. The van der Waals surface area contributed by atoms with Crippen LogP contribution in [0.15, 0.2) is 43.0 Å². The van der Waals surface area contributed by atoms with Crippen molar-refractivity contribution >= 4 is 22.1 Å². The number of nitro benzene ring substituents is 1. The molecule has 3 aromatic rings. The molecule has 0 amide bonds. The lowest BCUT2D eigenvalue weighted by molar-refractivity contribution is -0.383. The van der Waals surface area contributed by atoms with Gasteiger partial charge in [0.1, 0.15) is 5.82 Å². The zero-order chi connectivity index (χ0) is 14.7. The number of H-pyrrole nitrogens is 1. The molecule has 0 aliphatic rings. The molecule has 2 N–H and O–H groups in total. The highest BCUT2D eigenvalue weighted by Crippen LogP contribution is 2.30. The number of benzene rings is 1. The van der Waals surface area contributed by atoms with E-state index in [9.17, 15) is 10.1 Å². The van der Waals surface area contributed by atoms with Gasteiger partial charge in [-0.3, -0.25) is 15.1 Å². The second kappa shape index (κ2) is 5.58. The maximum Gasteiger partial charge on any atom is 0.277 e. The van der Waals surface area contributed by atoms with Gasteiger partial charge in [0.2, 0.25) is 0 Å². The van der Waals surface area contributed by atoms with Crippen LogP contribution in [0.3, 0.4) is 0 Å². The van der Waals surface area contributed by atoms with E-state index in [2.05, 4.69) is 20.3 Å². The summed E-state index contributed by atoms with van der Waals surface area (Å²) in [4.78, 5) is 21.9. The van der Waals surface area contributed by atoms with E-state index in [1.165, 1.54) is 6.07 Å². The Hall–Kier alpha value is -2.96. The Morgan fingerprint density at radius 2 is 2.14 bits per heavy atom. The van der Waals surface area contributed by atoms with Crippen molar-refractivity contribution in [3.8, 4) is 0 Å². The number of nitrogens with zero attached hydrogens (tertiary/aromatic N) is 3. The van der Waals surface area contributed by atoms with Gasteiger partial charge in [-0.05, 0) is 12.1 Å². The summed E-state index contributed by atoms with van der Waals surface area (Å²) in [6.45, 7) is 0.676. The molecule has 0 aliphatic heterocycles. The highest BCUT2D eigenvalue weighted by Gasteiger charge is 2.13. The van der Waals surface area contributed by atoms with Gasteiger partial charge in [-0.1, -0.05) is 0 Å². The van der Waals surface area contributed by atoms with Crippen LogP contribution in [0.4, 0.5) is 11.4 Å². The van der Waals surface area contributed by atoms with E-state index in [4.69, 9.17) is 0 Å². The zero-order valence-electron chi connectivity index (χ0n) is 11.1. The maximum absolute atomic E-state index is 11.0. The molecule has 3 rings (SSSR count). The molecule has 0 atom stereocenters. The summed E-state index contributed by atoms with van der Waals surface area (Å²) in [7, 11) is 0. The number of nitro groups is 1. The number of nitrogens with one attached hydrogen (secondary N) is 2. The summed E-state index contributed by atoms with van der Waals surface area (Å²) >= 11 is 0. The summed E-state index contributed by atoms with van der Waals surface area (Å²) in [6, 6.07) is 4.88.